The summed E-state index contributed by atoms with van der Waals surface area (Å²) >= 11 is 1.44. The number of methoxy groups -OCH3 is 3. The fraction of sp³-hybridized carbons (Fsp3) is 0.292. The third kappa shape index (κ3) is 4.28. The van der Waals surface area contributed by atoms with Gasteiger partial charge < -0.3 is 24.1 Å². The number of hydrogen-bond donors (Lipinski definition) is 1. The van der Waals surface area contributed by atoms with Crippen molar-refractivity contribution in [2.24, 2.45) is 7.05 Å². The highest BCUT2D eigenvalue weighted by atomic mass is 32.2. The van der Waals surface area contributed by atoms with Gasteiger partial charge in [-0.25, -0.2) is 0 Å². The van der Waals surface area contributed by atoms with Crippen LogP contribution in [-0.2, 0) is 17.6 Å². The SMILES string of the molecule is COc1ccc([C@@H]2CC(=O)Nc3c2c(=O)nc(SCc2ccccc2)n3C)c(OC)c1OC. The monoisotopic (exact) mass is 467 g/mol. The summed E-state index contributed by atoms with van der Waals surface area (Å²) in [5.74, 6) is 1.70. The van der Waals surface area contributed by atoms with Crippen LogP contribution in [0, 0.1) is 0 Å². The summed E-state index contributed by atoms with van der Waals surface area (Å²) in [5, 5.41) is 3.40. The largest absolute Gasteiger partial charge is 0.493 e. The van der Waals surface area contributed by atoms with Crippen molar-refractivity contribution in [3.63, 3.8) is 0 Å². The Morgan fingerprint density at radius 1 is 1.03 bits per heavy atom. The van der Waals surface area contributed by atoms with Gasteiger partial charge in [0.1, 0.15) is 5.82 Å². The summed E-state index contributed by atoms with van der Waals surface area (Å²) in [6.45, 7) is 0. The van der Waals surface area contributed by atoms with E-state index < -0.39 is 5.92 Å². The van der Waals surface area contributed by atoms with Crippen LogP contribution in [0.15, 0.2) is 52.4 Å². The molecule has 3 aromatic rings. The van der Waals surface area contributed by atoms with Crippen molar-refractivity contribution < 1.29 is 19.0 Å². The van der Waals surface area contributed by atoms with Crippen LogP contribution in [0.1, 0.15) is 29.0 Å². The van der Waals surface area contributed by atoms with Gasteiger partial charge in [-0.3, -0.25) is 9.59 Å². The maximum atomic E-state index is 13.2. The number of thioether (sulfide) groups is 1. The van der Waals surface area contributed by atoms with Gasteiger partial charge in [0, 0.05) is 30.7 Å². The van der Waals surface area contributed by atoms with Gasteiger partial charge in [-0.1, -0.05) is 48.2 Å². The van der Waals surface area contributed by atoms with Crippen molar-refractivity contribution in [1.82, 2.24) is 9.55 Å². The zero-order valence-corrected chi connectivity index (χ0v) is 19.7. The Bertz CT molecular complexity index is 1240. The summed E-state index contributed by atoms with van der Waals surface area (Å²) in [6, 6.07) is 13.5. The van der Waals surface area contributed by atoms with Crippen molar-refractivity contribution in [3.05, 3.63) is 69.5 Å². The van der Waals surface area contributed by atoms with Crippen LogP contribution >= 0.6 is 11.8 Å². The maximum Gasteiger partial charge on any atom is 0.279 e. The van der Waals surface area contributed by atoms with E-state index in [0.717, 1.165) is 5.56 Å². The van der Waals surface area contributed by atoms with Gasteiger partial charge in [-0.05, 0) is 11.6 Å². The number of carbonyl (C=O) groups excluding carboxylic acids is 1. The second-order valence-electron chi connectivity index (χ2n) is 7.52. The Balaban J connectivity index is 1.79. The van der Waals surface area contributed by atoms with E-state index in [-0.39, 0.29) is 17.9 Å². The van der Waals surface area contributed by atoms with Crippen LogP contribution in [0.4, 0.5) is 5.82 Å². The van der Waals surface area contributed by atoms with Crippen LogP contribution < -0.4 is 25.1 Å². The molecule has 1 aliphatic rings. The van der Waals surface area contributed by atoms with E-state index in [1.165, 1.54) is 33.1 Å². The lowest BCUT2D eigenvalue weighted by Crippen LogP contribution is -2.33. The van der Waals surface area contributed by atoms with Crippen LogP contribution in [0.5, 0.6) is 17.2 Å². The summed E-state index contributed by atoms with van der Waals surface area (Å²) in [5.41, 5.74) is 1.83. The van der Waals surface area contributed by atoms with E-state index in [4.69, 9.17) is 14.2 Å². The number of fused-ring (bicyclic) bond motifs is 1. The van der Waals surface area contributed by atoms with Gasteiger partial charge in [-0.2, -0.15) is 4.98 Å². The molecule has 0 aliphatic carbocycles. The minimum absolute atomic E-state index is 0.0896. The van der Waals surface area contributed by atoms with E-state index in [9.17, 15) is 9.59 Å². The molecule has 0 fully saturated rings. The average Bonchev–Trinajstić information content (AvgIpc) is 2.84. The van der Waals surface area contributed by atoms with Gasteiger partial charge in [0.2, 0.25) is 11.7 Å². The van der Waals surface area contributed by atoms with E-state index in [1.54, 1.807) is 23.7 Å². The number of nitrogens with one attached hydrogen (secondary N) is 1. The van der Waals surface area contributed by atoms with Crippen molar-refractivity contribution >= 4 is 23.5 Å². The Morgan fingerprint density at radius 2 is 1.76 bits per heavy atom. The number of benzene rings is 2. The van der Waals surface area contributed by atoms with Crippen LogP contribution in [0.3, 0.4) is 0 Å². The van der Waals surface area contributed by atoms with Crippen molar-refractivity contribution in [2.45, 2.75) is 23.2 Å². The number of rotatable bonds is 7. The topological polar surface area (TPSA) is 91.7 Å². The molecule has 0 spiro atoms. The molecular weight excluding hydrogens is 442 g/mol. The minimum atomic E-state index is -0.539. The van der Waals surface area contributed by atoms with Gasteiger partial charge >= 0.3 is 0 Å². The van der Waals surface area contributed by atoms with Crippen LogP contribution in [0.25, 0.3) is 0 Å². The number of ether oxygens (including phenoxy) is 3. The molecule has 0 unspecified atom stereocenters. The first kappa shape index (κ1) is 22.7. The quantitative estimate of drug-likeness (QED) is 0.420. The Labute approximate surface area is 195 Å². The predicted octanol–water partition coefficient (Wildman–Crippen LogP) is 3.57. The summed E-state index contributed by atoms with van der Waals surface area (Å²) in [4.78, 5) is 30.3. The Hall–Kier alpha value is -3.46. The van der Waals surface area contributed by atoms with Gasteiger partial charge in [0.15, 0.2) is 16.7 Å². The molecule has 1 atom stereocenters. The molecule has 0 saturated carbocycles. The van der Waals surface area contributed by atoms with Gasteiger partial charge in [0.05, 0.1) is 26.9 Å². The number of hydrogen-bond acceptors (Lipinski definition) is 7. The van der Waals surface area contributed by atoms with Crippen LogP contribution in [0.2, 0.25) is 0 Å². The minimum Gasteiger partial charge on any atom is -0.493 e. The highest BCUT2D eigenvalue weighted by molar-refractivity contribution is 7.98. The number of nitrogens with zero attached hydrogens (tertiary/aromatic N) is 2. The Morgan fingerprint density at radius 3 is 2.42 bits per heavy atom. The molecule has 2 aromatic carbocycles. The predicted molar refractivity (Wildman–Crippen MR) is 127 cm³/mol. The fourth-order valence-corrected chi connectivity index (χ4v) is 4.97. The zero-order chi connectivity index (χ0) is 23.5. The molecular formula is C24H25N3O5S. The molecule has 172 valence electrons. The van der Waals surface area contributed by atoms with Crippen molar-refractivity contribution in [3.8, 4) is 17.2 Å². The molecule has 0 saturated heterocycles. The lowest BCUT2D eigenvalue weighted by Gasteiger charge is -2.29. The highest BCUT2D eigenvalue weighted by Crippen LogP contribution is 2.46. The molecule has 8 nitrogen and oxygen atoms in total. The van der Waals surface area contributed by atoms with E-state index in [0.29, 0.717) is 45.1 Å². The first-order chi connectivity index (χ1) is 16.0. The molecule has 4 rings (SSSR count). The summed E-state index contributed by atoms with van der Waals surface area (Å²) in [6.07, 6.45) is 0.0896. The third-order valence-electron chi connectivity index (χ3n) is 5.62. The fourth-order valence-electron chi connectivity index (χ4n) is 4.05. The normalized spacial score (nSPS) is 14.9. The van der Waals surface area contributed by atoms with Crippen LogP contribution in [-0.4, -0.2) is 36.8 Å². The standard InChI is InChI=1S/C24H25N3O5S/c1-27-22-19(23(29)26-24(27)33-13-14-8-6-5-7-9-14)16(12-18(28)25-22)15-10-11-17(30-2)21(32-4)20(15)31-3/h5-11,16H,12-13H2,1-4H3,(H,25,28)/t16-/m0/s1. The Kier molecular flexibility index (Phi) is 6.60. The molecule has 1 amide bonds. The molecule has 1 aromatic heterocycles. The number of aromatic nitrogens is 2. The third-order valence-corrected chi connectivity index (χ3v) is 6.72. The second-order valence-corrected chi connectivity index (χ2v) is 8.47. The molecule has 33 heavy (non-hydrogen) atoms. The van der Waals surface area contributed by atoms with Crippen molar-refractivity contribution in [1.29, 1.82) is 0 Å². The molecule has 0 radical (unpaired) electrons. The van der Waals surface area contributed by atoms with E-state index >= 15 is 0 Å². The second kappa shape index (κ2) is 9.58. The summed E-state index contributed by atoms with van der Waals surface area (Å²) < 4.78 is 18.3. The highest BCUT2D eigenvalue weighted by Gasteiger charge is 2.35. The smallest absolute Gasteiger partial charge is 0.279 e. The summed E-state index contributed by atoms with van der Waals surface area (Å²) in [7, 11) is 6.37. The lowest BCUT2D eigenvalue weighted by atomic mass is 9.86. The van der Waals surface area contributed by atoms with E-state index in [2.05, 4.69) is 10.3 Å². The zero-order valence-electron chi connectivity index (χ0n) is 18.9. The first-order valence-corrected chi connectivity index (χ1v) is 11.3. The molecule has 1 aliphatic heterocycles. The van der Waals surface area contributed by atoms with Crippen molar-refractivity contribution in [2.75, 3.05) is 26.6 Å². The average molecular weight is 468 g/mol. The lowest BCUT2D eigenvalue weighted by molar-refractivity contribution is -0.116. The number of carbonyl (C=O) groups is 1. The molecule has 0 bridgehead atoms. The van der Waals surface area contributed by atoms with Gasteiger partial charge in [0.25, 0.3) is 5.56 Å². The van der Waals surface area contributed by atoms with Gasteiger partial charge in [-0.15, -0.1) is 0 Å². The first-order valence-electron chi connectivity index (χ1n) is 10.3. The molecule has 9 heteroatoms. The number of anilines is 1. The van der Waals surface area contributed by atoms with E-state index in [1.807, 2.05) is 30.3 Å². The molecule has 1 N–H and O–H groups in total. The maximum absolute atomic E-state index is 13.2. The number of amides is 1. The molecule has 2 heterocycles.